The van der Waals surface area contributed by atoms with Gasteiger partial charge in [-0.3, -0.25) is 0 Å². The maximum atomic E-state index is 3.48. The molecule has 1 rings (SSSR count). The monoisotopic (exact) mass is 276 g/mol. The van der Waals surface area contributed by atoms with E-state index in [9.17, 15) is 0 Å². The van der Waals surface area contributed by atoms with Crippen molar-refractivity contribution < 1.29 is 0 Å². The minimum Gasteiger partial charge on any atom is -0.312 e. The molecule has 0 aliphatic rings. The second-order valence-corrected chi connectivity index (χ2v) is 6.76. The maximum Gasteiger partial charge on any atom is 0.0230 e. The second-order valence-electron chi connectivity index (χ2n) is 6.76. The zero-order chi connectivity index (χ0) is 15.0. The molecule has 2 nitrogen and oxygen atoms in total. The average Bonchev–Trinajstić information content (AvgIpc) is 2.38. The van der Waals surface area contributed by atoms with Crippen LogP contribution in [0.25, 0.3) is 0 Å². The number of nitrogens with zero attached hydrogens (tertiary/aromatic N) is 1. The van der Waals surface area contributed by atoms with Gasteiger partial charge in [-0.2, -0.15) is 0 Å². The van der Waals surface area contributed by atoms with E-state index in [-0.39, 0.29) is 0 Å². The third-order valence-corrected chi connectivity index (χ3v) is 3.45. The topological polar surface area (TPSA) is 15.3 Å². The fraction of sp³-hybridized carbons (Fsp3) is 0.667. The van der Waals surface area contributed by atoms with Crippen molar-refractivity contribution in [3.8, 4) is 0 Å². The van der Waals surface area contributed by atoms with Crippen LogP contribution in [0.15, 0.2) is 24.3 Å². The third kappa shape index (κ3) is 7.66. The molecule has 1 aromatic rings. The number of nitrogens with one attached hydrogen (secondary N) is 1. The Kier molecular flexibility index (Phi) is 7.86. The predicted octanol–water partition coefficient (Wildman–Crippen LogP) is 3.91. The number of hydrogen-bond acceptors (Lipinski definition) is 2. The van der Waals surface area contributed by atoms with Crippen molar-refractivity contribution in [2.75, 3.05) is 20.1 Å². The van der Waals surface area contributed by atoms with Gasteiger partial charge in [0.15, 0.2) is 0 Å². The molecule has 0 saturated carbocycles. The van der Waals surface area contributed by atoms with Gasteiger partial charge < -0.3 is 10.2 Å². The summed E-state index contributed by atoms with van der Waals surface area (Å²) >= 11 is 0. The Balaban J connectivity index is 2.34. The van der Waals surface area contributed by atoms with Crippen LogP contribution in [0, 0.1) is 11.8 Å². The Hall–Kier alpha value is -0.860. The summed E-state index contributed by atoms with van der Waals surface area (Å²) in [5, 5.41) is 3.48. The lowest BCUT2D eigenvalue weighted by molar-refractivity contribution is 0.303. The predicted molar refractivity (Wildman–Crippen MR) is 88.8 cm³/mol. The Bertz CT molecular complexity index is 354. The fourth-order valence-corrected chi connectivity index (χ4v) is 2.14. The molecule has 0 fully saturated rings. The van der Waals surface area contributed by atoms with Crippen LogP contribution in [0.1, 0.15) is 45.2 Å². The summed E-state index contributed by atoms with van der Waals surface area (Å²) in [6.45, 7) is 13.3. The molecule has 1 aromatic carbocycles. The molecule has 0 bridgehead atoms. The molecule has 0 aliphatic carbocycles. The molecular formula is C18H32N2. The summed E-state index contributed by atoms with van der Waals surface area (Å²) < 4.78 is 0. The summed E-state index contributed by atoms with van der Waals surface area (Å²) in [5.41, 5.74) is 2.78. The molecule has 0 radical (unpaired) electrons. The summed E-state index contributed by atoms with van der Waals surface area (Å²) in [6.07, 6.45) is 1.27. The lowest BCUT2D eigenvalue weighted by Crippen LogP contribution is -2.20. The van der Waals surface area contributed by atoms with Crippen LogP contribution in [0.4, 0.5) is 0 Å². The van der Waals surface area contributed by atoms with Gasteiger partial charge in [0.1, 0.15) is 0 Å². The zero-order valence-electron chi connectivity index (χ0n) is 13.9. The van der Waals surface area contributed by atoms with Gasteiger partial charge >= 0.3 is 0 Å². The van der Waals surface area contributed by atoms with Gasteiger partial charge in [0, 0.05) is 13.1 Å². The number of hydrogen-bond donors (Lipinski definition) is 1. The first-order valence-electron chi connectivity index (χ1n) is 7.94. The Morgan fingerprint density at radius 3 is 2.10 bits per heavy atom. The van der Waals surface area contributed by atoms with E-state index in [0.717, 1.165) is 25.6 Å². The van der Waals surface area contributed by atoms with E-state index >= 15 is 0 Å². The first-order valence-corrected chi connectivity index (χ1v) is 7.94. The summed E-state index contributed by atoms with van der Waals surface area (Å²) in [6, 6.07) is 9.02. The highest BCUT2D eigenvalue weighted by molar-refractivity contribution is 5.22. The summed E-state index contributed by atoms with van der Waals surface area (Å²) in [5.74, 6) is 1.50. The minimum atomic E-state index is 0.712. The van der Waals surface area contributed by atoms with E-state index in [1.165, 1.54) is 24.1 Å². The summed E-state index contributed by atoms with van der Waals surface area (Å²) in [7, 11) is 2.21. The molecule has 0 amide bonds. The van der Waals surface area contributed by atoms with E-state index in [2.05, 4.69) is 69.2 Å². The highest BCUT2D eigenvalue weighted by atomic mass is 15.1. The molecule has 0 aromatic heterocycles. The summed E-state index contributed by atoms with van der Waals surface area (Å²) in [4.78, 5) is 2.41. The van der Waals surface area contributed by atoms with E-state index in [4.69, 9.17) is 0 Å². The van der Waals surface area contributed by atoms with Crippen molar-refractivity contribution in [3.63, 3.8) is 0 Å². The molecule has 0 heterocycles. The highest BCUT2D eigenvalue weighted by Gasteiger charge is 2.02. The number of benzene rings is 1. The van der Waals surface area contributed by atoms with Gasteiger partial charge in [0.05, 0.1) is 0 Å². The lowest BCUT2D eigenvalue weighted by atomic mass is 10.1. The second kappa shape index (κ2) is 9.15. The molecule has 0 atom stereocenters. The van der Waals surface area contributed by atoms with Crippen LogP contribution >= 0.6 is 0 Å². The third-order valence-electron chi connectivity index (χ3n) is 3.45. The van der Waals surface area contributed by atoms with Crippen LogP contribution in [0.5, 0.6) is 0 Å². The van der Waals surface area contributed by atoms with Crippen molar-refractivity contribution in [1.82, 2.24) is 10.2 Å². The van der Waals surface area contributed by atoms with Gasteiger partial charge in [0.2, 0.25) is 0 Å². The molecule has 1 N–H and O–H groups in total. The van der Waals surface area contributed by atoms with Gasteiger partial charge in [-0.15, -0.1) is 0 Å². The molecule has 2 heteroatoms. The van der Waals surface area contributed by atoms with Crippen molar-refractivity contribution in [2.24, 2.45) is 11.8 Å². The van der Waals surface area contributed by atoms with Crippen LogP contribution in [0.2, 0.25) is 0 Å². The van der Waals surface area contributed by atoms with Crippen molar-refractivity contribution in [1.29, 1.82) is 0 Å². The van der Waals surface area contributed by atoms with Crippen LogP contribution < -0.4 is 5.32 Å². The molecule has 114 valence electrons. The largest absolute Gasteiger partial charge is 0.312 e. The van der Waals surface area contributed by atoms with Gasteiger partial charge in [-0.05, 0) is 49.5 Å². The molecule has 0 spiro atoms. The van der Waals surface area contributed by atoms with Gasteiger partial charge in [0.25, 0.3) is 0 Å². The Morgan fingerprint density at radius 2 is 1.55 bits per heavy atom. The molecule has 20 heavy (non-hydrogen) atoms. The maximum absolute atomic E-state index is 3.48. The quantitative estimate of drug-likeness (QED) is 0.735. The minimum absolute atomic E-state index is 0.712. The van der Waals surface area contributed by atoms with E-state index in [0.29, 0.717) is 5.92 Å². The zero-order valence-corrected chi connectivity index (χ0v) is 13.9. The molecule has 0 unspecified atom stereocenters. The Labute approximate surface area is 125 Å². The molecular weight excluding hydrogens is 244 g/mol. The van der Waals surface area contributed by atoms with Gasteiger partial charge in [-0.1, -0.05) is 52.0 Å². The van der Waals surface area contributed by atoms with Crippen molar-refractivity contribution in [3.05, 3.63) is 35.4 Å². The Morgan fingerprint density at radius 1 is 0.950 bits per heavy atom. The first-order chi connectivity index (χ1) is 9.47. The standard InChI is InChI=1S/C18H32N2/c1-15(2)10-11-20(5)14-18-8-6-17(7-9-18)13-19-12-16(3)4/h6-9,15-16,19H,10-14H2,1-5H3. The van der Waals surface area contributed by atoms with E-state index < -0.39 is 0 Å². The van der Waals surface area contributed by atoms with Crippen molar-refractivity contribution >= 4 is 0 Å². The van der Waals surface area contributed by atoms with Crippen molar-refractivity contribution in [2.45, 2.75) is 47.2 Å². The smallest absolute Gasteiger partial charge is 0.0230 e. The SMILES string of the molecule is CC(C)CCN(C)Cc1ccc(CNCC(C)C)cc1. The molecule has 0 aliphatic heterocycles. The fourth-order valence-electron chi connectivity index (χ4n) is 2.14. The van der Waals surface area contributed by atoms with Gasteiger partial charge in [-0.25, -0.2) is 0 Å². The highest BCUT2D eigenvalue weighted by Crippen LogP contribution is 2.08. The number of rotatable bonds is 9. The normalized spacial score (nSPS) is 11.8. The van der Waals surface area contributed by atoms with Crippen LogP contribution in [-0.2, 0) is 13.1 Å². The van der Waals surface area contributed by atoms with Crippen LogP contribution in [-0.4, -0.2) is 25.0 Å². The first kappa shape index (κ1) is 17.2. The van der Waals surface area contributed by atoms with E-state index in [1.807, 2.05) is 0 Å². The average molecular weight is 276 g/mol. The molecule has 0 saturated heterocycles. The lowest BCUT2D eigenvalue weighted by Gasteiger charge is -2.18. The van der Waals surface area contributed by atoms with Crippen LogP contribution in [0.3, 0.4) is 0 Å². The van der Waals surface area contributed by atoms with E-state index in [1.54, 1.807) is 0 Å².